The number of piperazine rings is 1. The summed E-state index contributed by atoms with van der Waals surface area (Å²) in [5.74, 6) is -0.289. The Labute approximate surface area is 151 Å². The molecule has 0 unspecified atom stereocenters. The molecule has 8 heteroatoms. The zero-order valence-electron chi connectivity index (χ0n) is 14.9. The van der Waals surface area contributed by atoms with Gasteiger partial charge >= 0.3 is 0 Å². The van der Waals surface area contributed by atoms with E-state index in [4.69, 9.17) is 0 Å². The van der Waals surface area contributed by atoms with E-state index >= 15 is 0 Å². The van der Waals surface area contributed by atoms with Crippen LogP contribution in [0.1, 0.15) is 40.9 Å². The summed E-state index contributed by atoms with van der Waals surface area (Å²) < 4.78 is 1.65. The Morgan fingerprint density at radius 3 is 2.69 bits per heavy atom. The Balaban J connectivity index is 1.85. The summed E-state index contributed by atoms with van der Waals surface area (Å²) >= 11 is 0. The van der Waals surface area contributed by atoms with Crippen LogP contribution in [0.25, 0.3) is 5.52 Å². The molecule has 3 heterocycles. The quantitative estimate of drug-likeness (QED) is 0.611. The topological polar surface area (TPSA) is 87.0 Å². The minimum absolute atomic E-state index is 0.214. The smallest absolute Gasteiger partial charge is 0.287 e. The molecule has 1 N–H and O–H groups in total. The highest BCUT2D eigenvalue weighted by atomic mass is 16.2. The van der Waals surface area contributed by atoms with E-state index in [1.54, 1.807) is 32.5 Å². The van der Waals surface area contributed by atoms with Gasteiger partial charge in [-0.25, -0.2) is 4.98 Å². The number of hydrogen-bond donors (Lipinski definition) is 1. The van der Waals surface area contributed by atoms with Gasteiger partial charge in [-0.15, -0.1) is 0 Å². The fraction of sp³-hybridized carbons (Fsp3) is 0.444. The van der Waals surface area contributed by atoms with Gasteiger partial charge in [-0.2, -0.15) is 0 Å². The molecular weight excluding hydrogens is 334 g/mol. The first-order valence-corrected chi connectivity index (χ1v) is 8.89. The largest absolute Gasteiger partial charge is 0.349 e. The van der Waals surface area contributed by atoms with Crippen LogP contribution in [0.15, 0.2) is 24.4 Å². The highest BCUT2D eigenvalue weighted by Crippen LogP contribution is 2.16. The summed E-state index contributed by atoms with van der Waals surface area (Å²) in [6.07, 6.45) is 4.41. The van der Waals surface area contributed by atoms with E-state index in [-0.39, 0.29) is 23.3 Å². The molecule has 2 aromatic rings. The van der Waals surface area contributed by atoms with Crippen LogP contribution in [0.4, 0.5) is 0 Å². The third-order valence-electron chi connectivity index (χ3n) is 4.52. The predicted molar refractivity (Wildman–Crippen MR) is 96.0 cm³/mol. The Hall–Kier alpha value is -2.90. The number of nitrogens with one attached hydrogen (secondary N) is 1. The van der Waals surface area contributed by atoms with Crippen LogP contribution in [0.2, 0.25) is 0 Å². The fourth-order valence-corrected chi connectivity index (χ4v) is 2.99. The fourth-order valence-electron chi connectivity index (χ4n) is 2.99. The van der Waals surface area contributed by atoms with Crippen molar-refractivity contribution in [2.75, 3.05) is 32.7 Å². The van der Waals surface area contributed by atoms with Crippen molar-refractivity contribution < 1.29 is 14.4 Å². The highest BCUT2D eigenvalue weighted by molar-refractivity contribution is 6.02. The zero-order chi connectivity index (χ0) is 18.5. The number of fused-ring (bicyclic) bond motifs is 1. The average Bonchev–Trinajstić information content (AvgIpc) is 3.07. The van der Waals surface area contributed by atoms with Gasteiger partial charge < -0.3 is 15.1 Å². The number of carbonyl (C=O) groups is 3. The van der Waals surface area contributed by atoms with Crippen molar-refractivity contribution in [1.82, 2.24) is 24.5 Å². The van der Waals surface area contributed by atoms with E-state index in [0.29, 0.717) is 38.2 Å². The Morgan fingerprint density at radius 2 is 2.00 bits per heavy atom. The number of unbranched alkanes of at least 4 members (excludes halogenated alkanes) is 1. The van der Waals surface area contributed by atoms with Gasteiger partial charge in [0.2, 0.25) is 12.2 Å². The lowest BCUT2D eigenvalue weighted by Crippen LogP contribution is -2.48. The molecule has 8 nitrogen and oxygen atoms in total. The SMILES string of the molecule is CCCCNC(=O)c1nc(C(=O)N2CCN(C=O)CC2)c2ccccn12. The van der Waals surface area contributed by atoms with Crippen molar-refractivity contribution in [2.24, 2.45) is 0 Å². The van der Waals surface area contributed by atoms with Gasteiger partial charge in [-0.1, -0.05) is 19.4 Å². The number of rotatable bonds is 6. The summed E-state index contributed by atoms with van der Waals surface area (Å²) in [6, 6.07) is 5.40. The van der Waals surface area contributed by atoms with E-state index in [9.17, 15) is 14.4 Å². The lowest BCUT2D eigenvalue weighted by molar-refractivity contribution is -0.119. The van der Waals surface area contributed by atoms with E-state index in [1.165, 1.54) is 0 Å². The Morgan fingerprint density at radius 1 is 1.23 bits per heavy atom. The Kier molecular flexibility index (Phi) is 5.50. The van der Waals surface area contributed by atoms with Gasteiger partial charge in [0.15, 0.2) is 5.69 Å². The lowest BCUT2D eigenvalue weighted by Gasteiger charge is -2.32. The van der Waals surface area contributed by atoms with Gasteiger partial charge in [0.1, 0.15) is 0 Å². The van der Waals surface area contributed by atoms with Crippen LogP contribution in [0.3, 0.4) is 0 Å². The lowest BCUT2D eigenvalue weighted by atomic mass is 10.2. The molecular formula is C18H23N5O3. The molecule has 0 aromatic carbocycles. The van der Waals surface area contributed by atoms with E-state index in [0.717, 1.165) is 19.3 Å². The molecule has 0 atom stereocenters. The number of carbonyl (C=O) groups excluding carboxylic acids is 3. The Bertz CT molecular complexity index is 808. The molecule has 1 aliphatic rings. The minimum Gasteiger partial charge on any atom is -0.349 e. The summed E-state index contributed by atoms with van der Waals surface area (Å²) in [5.41, 5.74) is 0.877. The first-order valence-electron chi connectivity index (χ1n) is 8.89. The number of amides is 3. The van der Waals surface area contributed by atoms with Crippen LogP contribution >= 0.6 is 0 Å². The highest BCUT2D eigenvalue weighted by Gasteiger charge is 2.27. The normalized spacial score (nSPS) is 14.5. The summed E-state index contributed by atoms with van der Waals surface area (Å²) in [7, 11) is 0. The standard InChI is InChI=1S/C18H23N5O3/c1-2-3-7-19-17(25)16-20-15(14-6-4-5-8-23(14)16)18(26)22-11-9-21(13-24)10-12-22/h4-6,8,13H,2-3,7,9-12H2,1H3,(H,19,25). The van der Waals surface area contributed by atoms with E-state index in [1.807, 2.05) is 6.07 Å². The second kappa shape index (κ2) is 7.99. The van der Waals surface area contributed by atoms with Gasteiger partial charge in [-0.05, 0) is 18.6 Å². The first-order chi connectivity index (χ1) is 12.7. The molecule has 138 valence electrons. The number of imidazole rings is 1. The molecule has 1 saturated heterocycles. The number of aromatic nitrogens is 2. The molecule has 1 fully saturated rings. The van der Waals surface area contributed by atoms with Crippen molar-refractivity contribution >= 4 is 23.7 Å². The van der Waals surface area contributed by atoms with Crippen molar-refractivity contribution in [1.29, 1.82) is 0 Å². The second-order valence-corrected chi connectivity index (χ2v) is 6.28. The number of nitrogens with zero attached hydrogens (tertiary/aromatic N) is 4. The van der Waals surface area contributed by atoms with Gasteiger partial charge in [0.05, 0.1) is 5.52 Å². The van der Waals surface area contributed by atoms with Crippen LogP contribution in [-0.4, -0.2) is 70.1 Å². The summed E-state index contributed by atoms with van der Waals surface area (Å²) in [5, 5.41) is 2.84. The average molecular weight is 357 g/mol. The van der Waals surface area contributed by atoms with E-state index in [2.05, 4.69) is 17.2 Å². The predicted octanol–water partition coefficient (Wildman–Crippen LogP) is 0.778. The van der Waals surface area contributed by atoms with Gasteiger partial charge in [0, 0.05) is 38.9 Å². The molecule has 3 rings (SSSR count). The van der Waals surface area contributed by atoms with E-state index < -0.39 is 0 Å². The van der Waals surface area contributed by atoms with Gasteiger partial charge in [-0.3, -0.25) is 18.8 Å². The number of pyridine rings is 1. The van der Waals surface area contributed by atoms with Crippen LogP contribution in [0.5, 0.6) is 0 Å². The zero-order valence-corrected chi connectivity index (χ0v) is 14.9. The molecule has 0 spiro atoms. The summed E-state index contributed by atoms with van der Waals surface area (Å²) in [4.78, 5) is 43.9. The van der Waals surface area contributed by atoms with Gasteiger partial charge in [0.25, 0.3) is 11.8 Å². The van der Waals surface area contributed by atoms with Crippen molar-refractivity contribution in [2.45, 2.75) is 19.8 Å². The molecule has 26 heavy (non-hydrogen) atoms. The third-order valence-corrected chi connectivity index (χ3v) is 4.52. The molecule has 2 aromatic heterocycles. The maximum Gasteiger partial charge on any atom is 0.287 e. The minimum atomic E-state index is -0.288. The molecule has 0 aliphatic carbocycles. The maximum atomic E-state index is 12.9. The van der Waals surface area contributed by atoms with Crippen LogP contribution < -0.4 is 5.32 Å². The van der Waals surface area contributed by atoms with Crippen LogP contribution in [0, 0.1) is 0 Å². The molecule has 1 aliphatic heterocycles. The summed E-state index contributed by atoms with van der Waals surface area (Å²) in [6.45, 7) is 4.56. The molecule has 0 bridgehead atoms. The van der Waals surface area contributed by atoms with Crippen molar-refractivity contribution in [3.8, 4) is 0 Å². The first kappa shape index (κ1) is 17.9. The second-order valence-electron chi connectivity index (χ2n) is 6.28. The molecule has 0 saturated carbocycles. The number of hydrogen-bond acceptors (Lipinski definition) is 4. The third kappa shape index (κ3) is 3.54. The maximum absolute atomic E-state index is 12.9. The molecule has 3 amide bonds. The van der Waals surface area contributed by atoms with Crippen molar-refractivity contribution in [3.63, 3.8) is 0 Å². The van der Waals surface area contributed by atoms with Crippen molar-refractivity contribution in [3.05, 3.63) is 35.9 Å². The molecule has 0 radical (unpaired) electrons. The van der Waals surface area contributed by atoms with Crippen LogP contribution in [-0.2, 0) is 4.79 Å². The monoisotopic (exact) mass is 357 g/mol.